The van der Waals surface area contributed by atoms with Crippen LogP contribution in [0.25, 0.3) is 0 Å². The van der Waals surface area contributed by atoms with Crippen LogP contribution in [0.3, 0.4) is 0 Å². The minimum atomic E-state index is -0.0954. The Labute approximate surface area is 185 Å². The lowest BCUT2D eigenvalue weighted by Gasteiger charge is -2.35. The Kier molecular flexibility index (Phi) is 8.38. The molecular weight excluding hydrogens is 388 g/mol. The van der Waals surface area contributed by atoms with Crippen molar-refractivity contribution in [3.05, 3.63) is 70.8 Å². The molecule has 1 heterocycles. The Balaban J connectivity index is 1.49. The fourth-order valence-electron chi connectivity index (χ4n) is 4.12. The molecule has 1 aliphatic rings. The van der Waals surface area contributed by atoms with Gasteiger partial charge >= 0.3 is 0 Å². The van der Waals surface area contributed by atoms with Gasteiger partial charge in [0.1, 0.15) is 0 Å². The standard InChI is InChI=1S/C26H34N2O3/c1-4-21-9-11-22(12-10-21)25(29)13-14-26(30)27-15-23-7-5-6-8-24(23)18-28-16-19(2)31-20(3)17-28/h5-12,19-20H,4,13-18H2,1-3H3,(H,27,30). The zero-order chi connectivity index (χ0) is 22.2. The molecule has 0 saturated carbocycles. The van der Waals surface area contributed by atoms with Crippen molar-refractivity contribution in [2.45, 2.75) is 65.3 Å². The predicted molar refractivity (Wildman–Crippen MR) is 123 cm³/mol. The van der Waals surface area contributed by atoms with Crippen molar-refractivity contribution in [3.8, 4) is 0 Å². The zero-order valence-corrected chi connectivity index (χ0v) is 18.9. The fourth-order valence-corrected chi connectivity index (χ4v) is 4.12. The Hall–Kier alpha value is -2.50. The average molecular weight is 423 g/mol. The monoisotopic (exact) mass is 422 g/mol. The number of amides is 1. The van der Waals surface area contributed by atoms with E-state index in [9.17, 15) is 9.59 Å². The van der Waals surface area contributed by atoms with Gasteiger partial charge in [0.05, 0.1) is 12.2 Å². The van der Waals surface area contributed by atoms with Gasteiger partial charge in [0.25, 0.3) is 0 Å². The number of benzene rings is 2. The third-order valence-electron chi connectivity index (χ3n) is 5.75. The molecule has 166 valence electrons. The lowest BCUT2D eigenvalue weighted by atomic mass is 10.0. The maximum Gasteiger partial charge on any atom is 0.220 e. The van der Waals surface area contributed by atoms with Gasteiger partial charge in [-0.15, -0.1) is 0 Å². The first-order valence-electron chi connectivity index (χ1n) is 11.3. The molecule has 2 aromatic carbocycles. The van der Waals surface area contributed by atoms with Gasteiger partial charge in [0.2, 0.25) is 5.91 Å². The molecule has 5 heteroatoms. The van der Waals surface area contributed by atoms with Gasteiger partial charge in [-0.2, -0.15) is 0 Å². The molecule has 1 fully saturated rings. The smallest absolute Gasteiger partial charge is 0.220 e. The summed E-state index contributed by atoms with van der Waals surface area (Å²) in [6.45, 7) is 9.43. The van der Waals surface area contributed by atoms with Crippen molar-refractivity contribution >= 4 is 11.7 Å². The van der Waals surface area contributed by atoms with Crippen LogP contribution in [-0.2, 0) is 29.0 Å². The molecular formula is C26H34N2O3. The molecule has 2 atom stereocenters. The maximum atomic E-state index is 12.4. The molecule has 31 heavy (non-hydrogen) atoms. The van der Waals surface area contributed by atoms with Crippen LogP contribution in [0, 0.1) is 0 Å². The van der Waals surface area contributed by atoms with E-state index in [4.69, 9.17) is 4.74 Å². The molecule has 2 unspecified atom stereocenters. The third kappa shape index (κ3) is 7.01. The minimum Gasteiger partial charge on any atom is -0.373 e. The minimum absolute atomic E-state index is 0.00811. The summed E-state index contributed by atoms with van der Waals surface area (Å²) in [4.78, 5) is 27.1. The molecule has 1 N–H and O–H groups in total. The first kappa shape index (κ1) is 23.2. The number of hydrogen-bond acceptors (Lipinski definition) is 4. The van der Waals surface area contributed by atoms with E-state index in [1.165, 1.54) is 11.1 Å². The van der Waals surface area contributed by atoms with Gasteiger partial charge < -0.3 is 10.1 Å². The summed E-state index contributed by atoms with van der Waals surface area (Å²) in [7, 11) is 0. The summed E-state index contributed by atoms with van der Waals surface area (Å²) in [6, 6.07) is 15.9. The molecule has 0 radical (unpaired) electrons. The van der Waals surface area contributed by atoms with Crippen LogP contribution in [0.5, 0.6) is 0 Å². The number of morpholine rings is 1. The van der Waals surface area contributed by atoms with Crippen molar-refractivity contribution in [1.82, 2.24) is 10.2 Å². The van der Waals surface area contributed by atoms with Crippen LogP contribution in [0.15, 0.2) is 48.5 Å². The van der Waals surface area contributed by atoms with Crippen molar-refractivity contribution in [2.75, 3.05) is 13.1 Å². The molecule has 2 aromatic rings. The van der Waals surface area contributed by atoms with E-state index in [1.807, 2.05) is 36.4 Å². The van der Waals surface area contributed by atoms with Crippen LogP contribution in [0.2, 0.25) is 0 Å². The molecule has 0 spiro atoms. The Morgan fingerprint density at radius 2 is 1.61 bits per heavy atom. The first-order chi connectivity index (χ1) is 14.9. The van der Waals surface area contributed by atoms with Crippen molar-refractivity contribution in [1.29, 1.82) is 0 Å². The normalized spacial score (nSPS) is 19.2. The molecule has 1 aliphatic heterocycles. The number of nitrogens with zero attached hydrogens (tertiary/aromatic N) is 1. The maximum absolute atomic E-state index is 12.4. The highest BCUT2D eigenvalue weighted by Gasteiger charge is 2.22. The number of carbonyl (C=O) groups excluding carboxylic acids is 2. The first-order valence-corrected chi connectivity index (χ1v) is 11.3. The van der Waals surface area contributed by atoms with Crippen LogP contribution >= 0.6 is 0 Å². The highest BCUT2D eigenvalue weighted by Crippen LogP contribution is 2.17. The predicted octanol–water partition coefficient (Wildman–Crippen LogP) is 4.14. The van der Waals surface area contributed by atoms with E-state index in [1.54, 1.807) is 0 Å². The molecule has 5 nitrogen and oxygen atoms in total. The lowest BCUT2D eigenvalue weighted by molar-refractivity contribution is -0.121. The van der Waals surface area contributed by atoms with Gasteiger partial charge in [-0.3, -0.25) is 14.5 Å². The van der Waals surface area contributed by atoms with E-state index in [2.05, 4.69) is 43.1 Å². The van der Waals surface area contributed by atoms with E-state index in [0.29, 0.717) is 12.1 Å². The quantitative estimate of drug-likeness (QED) is 0.617. The number of ether oxygens (including phenoxy) is 1. The lowest BCUT2D eigenvalue weighted by Crippen LogP contribution is -2.45. The topological polar surface area (TPSA) is 58.6 Å². The van der Waals surface area contributed by atoms with Crippen molar-refractivity contribution in [2.24, 2.45) is 0 Å². The van der Waals surface area contributed by atoms with Gasteiger partial charge in [0, 0.05) is 44.6 Å². The van der Waals surface area contributed by atoms with Crippen molar-refractivity contribution < 1.29 is 14.3 Å². The number of nitrogens with one attached hydrogen (secondary N) is 1. The highest BCUT2D eigenvalue weighted by molar-refractivity contribution is 5.97. The van der Waals surface area contributed by atoms with Gasteiger partial charge in [-0.05, 0) is 37.0 Å². The molecule has 1 saturated heterocycles. The summed E-state index contributed by atoms with van der Waals surface area (Å²) in [5, 5.41) is 2.98. The second-order valence-corrected chi connectivity index (χ2v) is 8.47. The van der Waals surface area contributed by atoms with Gasteiger partial charge in [-0.25, -0.2) is 0 Å². The summed E-state index contributed by atoms with van der Waals surface area (Å²) >= 11 is 0. The molecule has 1 amide bonds. The molecule has 3 rings (SSSR count). The Bertz CT molecular complexity index is 868. The average Bonchev–Trinajstić information content (AvgIpc) is 2.76. The summed E-state index contributed by atoms with van der Waals surface area (Å²) in [6.07, 6.45) is 1.83. The fraction of sp³-hybridized carbons (Fsp3) is 0.462. The Morgan fingerprint density at radius 1 is 0.968 bits per heavy atom. The number of carbonyl (C=O) groups is 2. The van der Waals surface area contributed by atoms with E-state index in [0.717, 1.165) is 31.6 Å². The second-order valence-electron chi connectivity index (χ2n) is 8.47. The zero-order valence-electron chi connectivity index (χ0n) is 18.9. The van der Waals surface area contributed by atoms with Crippen LogP contribution in [-0.4, -0.2) is 41.9 Å². The molecule has 0 bridgehead atoms. The number of aryl methyl sites for hydroxylation is 1. The summed E-state index contributed by atoms with van der Waals surface area (Å²) in [5.74, 6) is -0.0873. The number of Topliss-reactive ketones (excluding diaryl/α,β-unsaturated/α-hetero) is 1. The number of rotatable bonds is 9. The summed E-state index contributed by atoms with van der Waals surface area (Å²) < 4.78 is 5.83. The number of hydrogen-bond donors (Lipinski definition) is 1. The third-order valence-corrected chi connectivity index (χ3v) is 5.75. The second kappa shape index (κ2) is 11.2. The van der Waals surface area contributed by atoms with E-state index >= 15 is 0 Å². The molecule has 0 aliphatic carbocycles. The van der Waals surface area contributed by atoms with Crippen LogP contribution in [0.1, 0.15) is 60.7 Å². The van der Waals surface area contributed by atoms with E-state index in [-0.39, 0.29) is 36.7 Å². The highest BCUT2D eigenvalue weighted by atomic mass is 16.5. The van der Waals surface area contributed by atoms with Crippen LogP contribution < -0.4 is 5.32 Å². The molecule has 0 aromatic heterocycles. The summed E-state index contributed by atoms with van der Waals surface area (Å²) in [5.41, 5.74) is 4.21. The Morgan fingerprint density at radius 3 is 2.26 bits per heavy atom. The van der Waals surface area contributed by atoms with Gasteiger partial charge in [0.15, 0.2) is 5.78 Å². The van der Waals surface area contributed by atoms with Crippen LogP contribution in [0.4, 0.5) is 0 Å². The number of ketones is 1. The largest absolute Gasteiger partial charge is 0.373 e. The van der Waals surface area contributed by atoms with Crippen molar-refractivity contribution in [3.63, 3.8) is 0 Å². The van der Waals surface area contributed by atoms with E-state index < -0.39 is 0 Å². The van der Waals surface area contributed by atoms with Gasteiger partial charge in [-0.1, -0.05) is 55.5 Å². The SMILES string of the molecule is CCc1ccc(C(=O)CCC(=O)NCc2ccccc2CN2CC(C)OC(C)C2)cc1.